The number of carbonyl (C=O) groups is 1. The number of ether oxygens (including phenoxy) is 2. The van der Waals surface area contributed by atoms with Crippen molar-refractivity contribution < 1.29 is 14.3 Å². The van der Waals surface area contributed by atoms with Gasteiger partial charge in [-0.05, 0) is 72.1 Å². The van der Waals surface area contributed by atoms with Gasteiger partial charge in [-0.2, -0.15) is 0 Å². The zero-order valence-corrected chi connectivity index (χ0v) is 23.7. The number of hydrogen-bond donors (Lipinski definition) is 1. The molecule has 3 aromatic rings. The number of amides is 1. The summed E-state index contributed by atoms with van der Waals surface area (Å²) in [5, 5.41) is 1.59. The summed E-state index contributed by atoms with van der Waals surface area (Å²) in [6.07, 6.45) is 17.2. The van der Waals surface area contributed by atoms with Crippen molar-refractivity contribution in [1.82, 2.24) is 4.98 Å². The van der Waals surface area contributed by atoms with Gasteiger partial charge in [0.15, 0.2) is 0 Å². The molecule has 0 aliphatic heterocycles. The fourth-order valence-corrected chi connectivity index (χ4v) is 9.89. The van der Waals surface area contributed by atoms with Crippen LogP contribution in [0.3, 0.4) is 0 Å². The van der Waals surface area contributed by atoms with Crippen LogP contribution in [0, 0.1) is 0 Å². The molecule has 2 aliphatic rings. The van der Waals surface area contributed by atoms with E-state index < -0.39 is 5.91 Å². The number of rotatable bonds is 7. The first kappa shape index (κ1) is 28.1. The number of benzene rings is 2. The number of pyridine rings is 1. The van der Waals surface area contributed by atoms with Crippen LogP contribution in [-0.2, 0) is 0 Å². The third-order valence-electron chi connectivity index (χ3n) is 7.76. The zero-order valence-electron chi connectivity index (χ0n) is 22.8. The lowest BCUT2D eigenvalue weighted by Gasteiger charge is -2.39. The second-order valence-electron chi connectivity index (χ2n) is 10.2. The van der Waals surface area contributed by atoms with E-state index in [2.05, 4.69) is 41.4 Å². The van der Waals surface area contributed by atoms with Crippen molar-refractivity contribution in [3.8, 4) is 22.6 Å². The Balaban J connectivity index is 0.000000317. The fourth-order valence-electron chi connectivity index (χ4n) is 5.95. The molecule has 1 aromatic heterocycles. The van der Waals surface area contributed by atoms with Crippen molar-refractivity contribution in [2.75, 3.05) is 14.2 Å². The molecule has 0 unspecified atom stereocenters. The van der Waals surface area contributed by atoms with Crippen LogP contribution in [0.4, 0.5) is 0 Å². The van der Waals surface area contributed by atoms with Crippen LogP contribution in [0.5, 0.6) is 11.5 Å². The maximum Gasteiger partial charge on any atom is 0.250 e. The third kappa shape index (κ3) is 6.94. The zero-order chi connectivity index (χ0) is 26.7. The van der Waals surface area contributed by atoms with Gasteiger partial charge in [-0.15, -0.1) is 0 Å². The molecule has 2 saturated carbocycles. The van der Waals surface area contributed by atoms with E-state index in [1.165, 1.54) is 76.0 Å². The van der Waals surface area contributed by atoms with E-state index in [9.17, 15) is 4.79 Å². The van der Waals surface area contributed by atoms with E-state index in [4.69, 9.17) is 15.2 Å². The summed E-state index contributed by atoms with van der Waals surface area (Å²) in [6, 6.07) is 18.6. The van der Waals surface area contributed by atoms with Crippen LogP contribution >= 0.6 is 7.92 Å². The molecule has 2 aromatic carbocycles. The fraction of sp³-hybridized carbons (Fsp3) is 0.438. The maximum atomic E-state index is 10.4. The molecule has 5 rings (SSSR count). The molecule has 202 valence electrons. The van der Waals surface area contributed by atoms with Gasteiger partial charge in [-0.25, -0.2) is 0 Å². The van der Waals surface area contributed by atoms with Crippen LogP contribution in [0.15, 0.2) is 67.0 Å². The summed E-state index contributed by atoms with van der Waals surface area (Å²) in [5.74, 6) is 1.39. The monoisotopic (exact) mass is 532 g/mol. The van der Waals surface area contributed by atoms with Crippen molar-refractivity contribution in [3.05, 3.63) is 72.6 Å². The summed E-state index contributed by atoms with van der Waals surface area (Å²) in [4.78, 5) is 14.1. The Morgan fingerprint density at radius 2 is 1.37 bits per heavy atom. The standard InChI is InChI=1S/C26H35O2P.C6H6N2O/c1-27-23-17-11-18-24(28-2)26(23)22-16-9-10-19-25(22)29(20-12-5-3-6-13-20)21-14-7-4-8-15-21;7-6(9)5-2-1-3-8-4-5/h9-11,16-21H,3-8,12-15H2,1-2H3;1-4H,(H2,7,9). The first-order valence-electron chi connectivity index (χ1n) is 13.9. The van der Waals surface area contributed by atoms with Crippen molar-refractivity contribution in [3.63, 3.8) is 0 Å². The van der Waals surface area contributed by atoms with Crippen LogP contribution in [-0.4, -0.2) is 36.4 Å². The summed E-state index contributed by atoms with van der Waals surface area (Å²) in [5.41, 5.74) is 9.60. The Kier molecular flexibility index (Phi) is 10.6. The Morgan fingerprint density at radius 1 is 0.789 bits per heavy atom. The topological polar surface area (TPSA) is 74.4 Å². The molecule has 1 heterocycles. The Bertz CT molecular complexity index is 1120. The van der Waals surface area contributed by atoms with Gasteiger partial charge in [0.05, 0.1) is 25.3 Å². The lowest BCUT2D eigenvalue weighted by atomic mass is 9.99. The lowest BCUT2D eigenvalue weighted by Crippen LogP contribution is -2.27. The molecular weight excluding hydrogens is 491 g/mol. The van der Waals surface area contributed by atoms with Gasteiger partial charge >= 0.3 is 0 Å². The van der Waals surface area contributed by atoms with Crippen molar-refractivity contribution >= 4 is 19.1 Å². The molecule has 0 saturated heterocycles. The largest absolute Gasteiger partial charge is 0.496 e. The Hall–Kier alpha value is -2.91. The maximum absolute atomic E-state index is 10.4. The molecule has 0 radical (unpaired) electrons. The average molecular weight is 533 g/mol. The first-order chi connectivity index (χ1) is 18.6. The number of nitrogens with zero attached hydrogens (tertiary/aromatic N) is 1. The van der Waals surface area contributed by atoms with E-state index in [0.29, 0.717) is 5.56 Å². The van der Waals surface area contributed by atoms with Crippen LogP contribution in [0.2, 0.25) is 0 Å². The molecule has 38 heavy (non-hydrogen) atoms. The molecule has 2 fully saturated rings. The highest BCUT2D eigenvalue weighted by Gasteiger charge is 2.34. The second-order valence-corrected chi connectivity index (χ2v) is 12.9. The molecule has 5 nitrogen and oxygen atoms in total. The van der Waals surface area contributed by atoms with Gasteiger partial charge in [-0.3, -0.25) is 9.78 Å². The predicted molar refractivity (Wildman–Crippen MR) is 158 cm³/mol. The summed E-state index contributed by atoms with van der Waals surface area (Å²) >= 11 is 0. The molecular formula is C32H41N2O3P. The minimum absolute atomic E-state index is 0.182. The van der Waals surface area contributed by atoms with E-state index >= 15 is 0 Å². The summed E-state index contributed by atoms with van der Waals surface area (Å²) in [7, 11) is 3.36. The smallest absolute Gasteiger partial charge is 0.250 e. The highest BCUT2D eigenvalue weighted by Crippen LogP contribution is 2.57. The molecule has 6 heteroatoms. The van der Waals surface area contributed by atoms with E-state index in [1.807, 2.05) is 6.07 Å². The minimum atomic E-state index is -0.442. The van der Waals surface area contributed by atoms with Gasteiger partial charge < -0.3 is 15.2 Å². The van der Waals surface area contributed by atoms with Crippen LogP contribution < -0.4 is 20.5 Å². The molecule has 2 aliphatic carbocycles. The molecule has 0 atom stereocenters. The molecule has 1 amide bonds. The minimum Gasteiger partial charge on any atom is -0.496 e. The average Bonchev–Trinajstić information content (AvgIpc) is 2.99. The summed E-state index contributed by atoms with van der Waals surface area (Å²) < 4.78 is 11.6. The van der Waals surface area contributed by atoms with Crippen LogP contribution in [0.25, 0.3) is 11.1 Å². The van der Waals surface area contributed by atoms with Gasteiger partial charge in [0.25, 0.3) is 0 Å². The second kappa shape index (κ2) is 14.3. The van der Waals surface area contributed by atoms with Crippen molar-refractivity contribution in [2.24, 2.45) is 5.73 Å². The van der Waals surface area contributed by atoms with Gasteiger partial charge in [0.2, 0.25) is 5.91 Å². The normalized spacial score (nSPS) is 16.4. The SMILES string of the molecule is COc1cccc(OC)c1-c1ccccc1P(C1CCCCC1)C1CCCCC1.NC(=O)c1cccnc1. The van der Waals surface area contributed by atoms with Crippen molar-refractivity contribution in [1.29, 1.82) is 0 Å². The quantitative estimate of drug-likeness (QED) is 0.324. The van der Waals surface area contributed by atoms with Gasteiger partial charge in [0.1, 0.15) is 11.5 Å². The molecule has 0 spiro atoms. The highest BCUT2D eigenvalue weighted by atomic mass is 31.1. The van der Waals surface area contributed by atoms with Crippen LogP contribution in [0.1, 0.15) is 74.6 Å². The van der Waals surface area contributed by atoms with E-state index in [1.54, 1.807) is 37.9 Å². The molecule has 0 bridgehead atoms. The third-order valence-corrected chi connectivity index (χ3v) is 11.3. The molecule has 2 N–H and O–H groups in total. The lowest BCUT2D eigenvalue weighted by molar-refractivity contribution is 0.1000. The Labute approximate surface area is 228 Å². The number of carbonyl (C=O) groups excluding carboxylic acids is 1. The number of hydrogen-bond acceptors (Lipinski definition) is 4. The highest BCUT2D eigenvalue weighted by molar-refractivity contribution is 7.67. The number of primary amides is 1. The Morgan fingerprint density at radius 3 is 1.84 bits per heavy atom. The van der Waals surface area contributed by atoms with Crippen molar-refractivity contribution in [2.45, 2.75) is 75.5 Å². The van der Waals surface area contributed by atoms with Gasteiger partial charge in [0, 0.05) is 12.4 Å². The van der Waals surface area contributed by atoms with E-state index in [-0.39, 0.29) is 7.92 Å². The predicted octanol–water partition coefficient (Wildman–Crippen LogP) is 7.32. The van der Waals surface area contributed by atoms with Gasteiger partial charge in [-0.1, -0.05) is 76.8 Å². The van der Waals surface area contributed by atoms with E-state index in [0.717, 1.165) is 28.4 Å². The number of aromatic nitrogens is 1. The summed E-state index contributed by atoms with van der Waals surface area (Å²) in [6.45, 7) is 0. The first-order valence-corrected chi connectivity index (χ1v) is 15.4. The number of methoxy groups -OCH3 is 2. The number of nitrogens with two attached hydrogens (primary N) is 1.